The third-order valence-corrected chi connectivity index (χ3v) is 2.46. The van der Waals surface area contributed by atoms with Crippen LogP contribution >= 0.6 is 0 Å². The van der Waals surface area contributed by atoms with Crippen LogP contribution in [0.15, 0.2) is 48.5 Å². The van der Waals surface area contributed by atoms with E-state index in [1.807, 2.05) is 0 Å². The summed E-state index contributed by atoms with van der Waals surface area (Å²) in [6.45, 7) is 1.40. The minimum Gasteiger partial charge on any atom is -0.410 e. The van der Waals surface area contributed by atoms with Crippen molar-refractivity contribution in [2.75, 3.05) is 10.6 Å². The molecule has 2 N–H and O–H groups in total. The van der Waals surface area contributed by atoms with Crippen molar-refractivity contribution >= 4 is 23.4 Å². The van der Waals surface area contributed by atoms with Crippen molar-refractivity contribution in [2.45, 2.75) is 6.92 Å². The topological polar surface area (TPSA) is 67.4 Å². The van der Waals surface area contributed by atoms with E-state index in [1.165, 1.54) is 37.3 Å². The molecule has 0 saturated carbocycles. The number of halogens is 1. The molecule has 0 spiro atoms. The third kappa shape index (κ3) is 4.61. The number of hydrogen-bond acceptors (Lipinski definition) is 3. The van der Waals surface area contributed by atoms with Crippen molar-refractivity contribution < 1.29 is 18.7 Å². The van der Waals surface area contributed by atoms with Gasteiger partial charge in [-0.05, 0) is 42.5 Å². The second-order valence-corrected chi connectivity index (χ2v) is 4.23. The van der Waals surface area contributed by atoms with Gasteiger partial charge in [0, 0.05) is 18.3 Å². The summed E-state index contributed by atoms with van der Waals surface area (Å²) in [5, 5.41) is 5.00. The van der Waals surface area contributed by atoms with E-state index in [1.54, 1.807) is 18.2 Å². The summed E-state index contributed by atoms with van der Waals surface area (Å²) in [6.07, 6.45) is -0.729. The van der Waals surface area contributed by atoms with Crippen LogP contribution in [0.3, 0.4) is 0 Å². The number of ether oxygens (including phenoxy) is 1. The first-order valence-electron chi connectivity index (χ1n) is 6.15. The van der Waals surface area contributed by atoms with Gasteiger partial charge in [-0.3, -0.25) is 10.1 Å². The van der Waals surface area contributed by atoms with E-state index >= 15 is 0 Å². The summed E-state index contributed by atoms with van der Waals surface area (Å²) < 4.78 is 18.0. The lowest BCUT2D eigenvalue weighted by atomic mass is 10.3. The first-order valence-corrected chi connectivity index (χ1v) is 6.15. The largest absolute Gasteiger partial charge is 0.417 e. The van der Waals surface area contributed by atoms with Crippen molar-refractivity contribution in [3.63, 3.8) is 0 Å². The number of amides is 2. The first-order chi connectivity index (χ1) is 10.0. The lowest BCUT2D eigenvalue weighted by Gasteiger charge is -2.07. The Kier molecular flexibility index (Phi) is 4.50. The molecule has 0 bridgehead atoms. The van der Waals surface area contributed by atoms with Gasteiger partial charge in [-0.2, -0.15) is 0 Å². The number of nitrogens with one attached hydrogen (secondary N) is 2. The SMILES string of the molecule is CC(=O)Nc1ccc(OC(=O)Nc2cccc(F)c2)cc1. The molecule has 0 radical (unpaired) electrons. The Morgan fingerprint density at radius 2 is 1.71 bits per heavy atom. The molecular formula is C15H13FN2O3. The minimum atomic E-state index is -0.729. The molecule has 0 aromatic heterocycles. The van der Waals surface area contributed by atoms with Gasteiger partial charge < -0.3 is 10.1 Å². The van der Waals surface area contributed by atoms with Crippen LogP contribution in [-0.4, -0.2) is 12.0 Å². The molecule has 6 heteroatoms. The van der Waals surface area contributed by atoms with E-state index in [9.17, 15) is 14.0 Å². The number of carbonyl (C=O) groups is 2. The van der Waals surface area contributed by atoms with E-state index in [0.717, 1.165) is 0 Å². The Morgan fingerprint density at radius 1 is 1.00 bits per heavy atom. The van der Waals surface area contributed by atoms with E-state index in [-0.39, 0.29) is 5.91 Å². The second-order valence-electron chi connectivity index (χ2n) is 4.23. The number of benzene rings is 2. The lowest BCUT2D eigenvalue weighted by Crippen LogP contribution is -2.16. The van der Waals surface area contributed by atoms with Gasteiger partial charge in [0.05, 0.1) is 0 Å². The molecule has 2 aromatic carbocycles. The van der Waals surface area contributed by atoms with E-state index < -0.39 is 11.9 Å². The van der Waals surface area contributed by atoms with Gasteiger partial charge in [0.25, 0.3) is 0 Å². The summed E-state index contributed by atoms with van der Waals surface area (Å²) in [6, 6.07) is 11.8. The highest BCUT2D eigenvalue weighted by molar-refractivity contribution is 5.89. The van der Waals surface area contributed by atoms with Crippen LogP contribution in [0.25, 0.3) is 0 Å². The molecule has 0 atom stereocenters. The predicted octanol–water partition coefficient (Wildman–Crippen LogP) is 3.40. The van der Waals surface area contributed by atoms with Crippen molar-refractivity contribution in [1.82, 2.24) is 0 Å². The smallest absolute Gasteiger partial charge is 0.410 e. The molecule has 2 aromatic rings. The Hall–Kier alpha value is -2.89. The summed E-state index contributed by atoms with van der Waals surface area (Å²) in [7, 11) is 0. The van der Waals surface area contributed by atoms with Crippen molar-refractivity contribution in [3.8, 4) is 5.75 Å². The maximum atomic E-state index is 13.0. The molecule has 0 fully saturated rings. The van der Waals surface area contributed by atoms with Gasteiger partial charge in [0.15, 0.2) is 0 Å². The number of hydrogen-bond donors (Lipinski definition) is 2. The predicted molar refractivity (Wildman–Crippen MR) is 76.8 cm³/mol. The fourth-order valence-corrected chi connectivity index (χ4v) is 1.63. The molecule has 2 rings (SSSR count). The van der Waals surface area contributed by atoms with Gasteiger partial charge in [-0.25, -0.2) is 9.18 Å². The molecule has 21 heavy (non-hydrogen) atoms. The molecular weight excluding hydrogens is 275 g/mol. The Morgan fingerprint density at radius 3 is 2.33 bits per heavy atom. The maximum Gasteiger partial charge on any atom is 0.417 e. The van der Waals surface area contributed by atoms with Gasteiger partial charge >= 0.3 is 6.09 Å². The van der Waals surface area contributed by atoms with Crippen LogP contribution in [0.2, 0.25) is 0 Å². The quantitative estimate of drug-likeness (QED) is 0.909. The lowest BCUT2D eigenvalue weighted by molar-refractivity contribution is -0.114. The molecule has 0 aliphatic rings. The van der Waals surface area contributed by atoms with Crippen LogP contribution in [-0.2, 0) is 4.79 Å². The zero-order chi connectivity index (χ0) is 15.2. The van der Waals surface area contributed by atoms with Gasteiger partial charge in [0.1, 0.15) is 11.6 Å². The number of carbonyl (C=O) groups excluding carboxylic acids is 2. The van der Waals surface area contributed by atoms with Crippen molar-refractivity contribution in [2.24, 2.45) is 0 Å². The molecule has 0 heterocycles. The fourth-order valence-electron chi connectivity index (χ4n) is 1.63. The molecule has 0 aliphatic carbocycles. The summed E-state index contributed by atoms with van der Waals surface area (Å²) in [4.78, 5) is 22.5. The number of anilines is 2. The van der Waals surface area contributed by atoms with Crippen LogP contribution in [0.5, 0.6) is 5.75 Å². The van der Waals surface area contributed by atoms with Crippen LogP contribution < -0.4 is 15.4 Å². The first kappa shape index (κ1) is 14.5. The average Bonchev–Trinajstić information content (AvgIpc) is 2.40. The van der Waals surface area contributed by atoms with Crippen LogP contribution in [0.4, 0.5) is 20.6 Å². The highest BCUT2D eigenvalue weighted by Gasteiger charge is 2.06. The summed E-state index contributed by atoms with van der Waals surface area (Å²) in [5.74, 6) is -0.335. The second kappa shape index (κ2) is 6.51. The highest BCUT2D eigenvalue weighted by Crippen LogP contribution is 2.17. The average molecular weight is 288 g/mol. The minimum absolute atomic E-state index is 0.187. The monoisotopic (exact) mass is 288 g/mol. The van der Waals surface area contributed by atoms with Crippen LogP contribution in [0, 0.1) is 5.82 Å². The zero-order valence-electron chi connectivity index (χ0n) is 11.2. The molecule has 0 saturated heterocycles. The zero-order valence-corrected chi connectivity index (χ0v) is 11.2. The van der Waals surface area contributed by atoms with Gasteiger partial charge in [0.2, 0.25) is 5.91 Å². The summed E-state index contributed by atoms with van der Waals surface area (Å²) >= 11 is 0. The fraction of sp³-hybridized carbons (Fsp3) is 0.0667. The van der Waals surface area contributed by atoms with Crippen molar-refractivity contribution in [1.29, 1.82) is 0 Å². The molecule has 0 unspecified atom stereocenters. The maximum absolute atomic E-state index is 13.0. The van der Waals surface area contributed by atoms with E-state index in [0.29, 0.717) is 17.1 Å². The van der Waals surface area contributed by atoms with Crippen molar-refractivity contribution in [3.05, 3.63) is 54.3 Å². The highest BCUT2D eigenvalue weighted by atomic mass is 19.1. The Balaban J connectivity index is 1.95. The standard InChI is InChI=1S/C15H13FN2O3/c1-10(19)17-12-5-7-14(8-6-12)21-15(20)18-13-4-2-3-11(16)9-13/h2-9H,1H3,(H,17,19)(H,18,20). The van der Waals surface area contributed by atoms with E-state index in [2.05, 4.69) is 10.6 Å². The van der Waals surface area contributed by atoms with Gasteiger partial charge in [-0.15, -0.1) is 0 Å². The molecule has 5 nitrogen and oxygen atoms in total. The Labute approximate surface area is 120 Å². The molecule has 2 amide bonds. The molecule has 108 valence electrons. The normalized spacial score (nSPS) is 9.81. The summed E-state index contributed by atoms with van der Waals surface area (Å²) in [5.41, 5.74) is 0.898. The third-order valence-electron chi connectivity index (χ3n) is 2.46. The van der Waals surface area contributed by atoms with E-state index in [4.69, 9.17) is 4.74 Å². The van der Waals surface area contributed by atoms with Gasteiger partial charge in [-0.1, -0.05) is 6.07 Å². The number of rotatable bonds is 3. The Bertz CT molecular complexity index is 656. The molecule has 0 aliphatic heterocycles. The van der Waals surface area contributed by atoms with Crippen LogP contribution in [0.1, 0.15) is 6.92 Å².